The van der Waals surface area contributed by atoms with Crippen LogP contribution in [0.2, 0.25) is 0 Å². The Hall–Kier alpha value is -1.08. The molecule has 2 saturated heterocycles. The first kappa shape index (κ1) is 12.9. The summed E-state index contributed by atoms with van der Waals surface area (Å²) < 4.78 is 1.89. The number of hydrogen-bond donors (Lipinski definition) is 2. The van der Waals surface area contributed by atoms with Gasteiger partial charge < -0.3 is 10.6 Å². The van der Waals surface area contributed by atoms with Crippen molar-refractivity contribution in [3.8, 4) is 0 Å². The van der Waals surface area contributed by atoms with E-state index in [9.17, 15) is 4.79 Å². The van der Waals surface area contributed by atoms with Crippen LogP contribution >= 0.6 is 11.8 Å². The Morgan fingerprint density at radius 3 is 3.11 bits per heavy atom. The quantitative estimate of drug-likeness (QED) is 0.837. The van der Waals surface area contributed by atoms with Gasteiger partial charge in [-0.15, -0.1) is 5.10 Å². The van der Waals surface area contributed by atoms with Crippen LogP contribution in [0.25, 0.3) is 0 Å². The zero-order chi connectivity index (χ0) is 13.2. The normalized spacial score (nSPS) is 26.8. The first-order chi connectivity index (χ1) is 9.25. The van der Waals surface area contributed by atoms with Crippen molar-refractivity contribution in [2.45, 2.75) is 31.8 Å². The third-order valence-corrected chi connectivity index (χ3v) is 4.95. The van der Waals surface area contributed by atoms with Crippen LogP contribution in [0.4, 0.5) is 0 Å². The minimum Gasteiger partial charge on any atom is -0.347 e. The second-order valence-corrected chi connectivity index (χ2v) is 6.30. The average Bonchev–Trinajstić information content (AvgIpc) is 3.08. The van der Waals surface area contributed by atoms with E-state index >= 15 is 0 Å². The molecule has 0 saturated carbocycles. The number of nitrogens with one attached hydrogen (secondary N) is 2. The lowest BCUT2D eigenvalue weighted by molar-refractivity contribution is 0.0935. The molecule has 3 heterocycles. The van der Waals surface area contributed by atoms with Crippen molar-refractivity contribution < 1.29 is 4.79 Å². The monoisotopic (exact) mass is 281 g/mol. The second kappa shape index (κ2) is 5.50. The van der Waals surface area contributed by atoms with Crippen molar-refractivity contribution in [1.82, 2.24) is 25.6 Å². The van der Waals surface area contributed by atoms with Gasteiger partial charge in [-0.05, 0) is 32.1 Å². The van der Waals surface area contributed by atoms with E-state index in [-0.39, 0.29) is 11.9 Å². The summed E-state index contributed by atoms with van der Waals surface area (Å²) in [5.41, 5.74) is 1.35. The Morgan fingerprint density at radius 1 is 1.53 bits per heavy atom. The Balaban J connectivity index is 1.71. The molecule has 0 aromatic carbocycles. The number of amides is 1. The molecule has 2 N–H and O–H groups in total. The molecule has 2 aliphatic rings. The summed E-state index contributed by atoms with van der Waals surface area (Å²) in [5, 5.41) is 14.6. The summed E-state index contributed by atoms with van der Waals surface area (Å²) in [6, 6.07) is 0.617. The van der Waals surface area contributed by atoms with Gasteiger partial charge in [-0.1, -0.05) is 5.21 Å². The zero-order valence-corrected chi connectivity index (χ0v) is 11.9. The molecule has 2 fully saturated rings. The van der Waals surface area contributed by atoms with Crippen LogP contribution in [0, 0.1) is 6.92 Å². The topological polar surface area (TPSA) is 71.8 Å². The molecule has 2 atom stereocenters. The van der Waals surface area contributed by atoms with Gasteiger partial charge in [-0.25, -0.2) is 4.68 Å². The summed E-state index contributed by atoms with van der Waals surface area (Å²) in [5.74, 6) is 2.05. The number of thioether (sulfide) groups is 1. The molecular formula is C12H19N5OS. The molecule has 7 heteroatoms. The molecule has 19 heavy (non-hydrogen) atoms. The highest BCUT2D eigenvalue weighted by molar-refractivity contribution is 7.99. The fourth-order valence-electron chi connectivity index (χ4n) is 2.65. The summed E-state index contributed by atoms with van der Waals surface area (Å²) in [6.45, 7) is 3.84. The Kier molecular flexibility index (Phi) is 3.74. The molecule has 104 valence electrons. The van der Waals surface area contributed by atoms with Gasteiger partial charge in [0.1, 0.15) is 0 Å². The Bertz CT molecular complexity index is 463. The largest absolute Gasteiger partial charge is 0.347 e. The van der Waals surface area contributed by atoms with Crippen LogP contribution in [-0.2, 0) is 0 Å². The summed E-state index contributed by atoms with van der Waals surface area (Å²) in [7, 11) is 0. The van der Waals surface area contributed by atoms with Crippen LogP contribution in [0.15, 0.2) is 0 Å². The maximum Gasteiger partial charge on any atom is 0.273 e. The third kappa shape index (κ3) is 2.62. The molecule has 0 bridgehead atoms. The van der Waals surface area contributed by atoms with E-state index < -0.39 is 0 Å². The highest BCUT2D eigenvalue weighted by atomic mass is 32.2. The Morgan fingerprint density at radius 2 is 2.42 bits per heavy atom. The maximum atomic E-state index is 12.2. The number of nitrogens with zero attached hydrogens (tertiary/aromatic N) is 3. The van der Waals surface area contributed by atoms with E-state index in [1.165, 1.54) is 0 Å². The zero-order valence-electron chi connectivity index (χ0n) is 11.1. The van der Waals surface area contributed by atoms with Gasteiger partial charge in [0.2, 0.25) is 0 Å². The molecule has 3 rings (SSSR count). The maximum absolute atomic E-state index is 12.2. The standard InChI is InChI=1S/C12H19N5OS/c1-8-11(12(18)14-9-3-5-19-7-9)15-16-17(8)10-2-4-13-6-10/h9-10,13H,2-7H2,1H3,(H,14,18). The van der Waals surface area contributed by atoms with Gasteiger partial charge in [0.05, 0.1) is 11.7 Å². The van der Waals surface area contributed by atoms with Crippen molar-refractivity contribution >= 4 is 17.7 Å². The average molecular weight is 281 g/mol. The summed E-state index contributed by atoms with van der Waals surface area (Å²) in [6.07, 6.45) is 2.10. The molecule has 2 aliphatic heterocycles. The van der Waals surface area contributed by atoms with E-state index in [1.807, 2.05) is 23.4 Å². The lowest BCUT2D eigenvalue weighted by Gasteiger charge is -2.12. The van der Waals surface area contributed by atoms with Gasteiger partial charge in [0.25, 0.3) is 5.91 Å². The lowest BCUT2D eigenvalue weighted by Crippen LogP contribution is -2.35. The minimum atomic E-state index is -0.0813. The van der Waals surface area contributed by atoms with Gasteiger partial charge in [0, 0.05) is 18.3 Å². The molecular weight excluding hydrogens is 262 g/mol. The highest BCUT2D eigenvalue weighted by Crippen LogP contribution is 2.19. The Labute approximate surface area is 116 Å². The predicted octanol–water partition coefficient (Wildman–Crippen LogP) is 0.356. The fourth-order valence-corrected chi connectivity index (χ4v) is 3.80. The van der Waals surface area contributed by atoms with E-state index in [2.05, 4.69) is 20.9 Å². The van der Waals surface area contributed by atoms with E-state index in [0.29, 0.717) is 11.7 Å². The summed E-state index contributed by atoms with van der Waals surface area (Å²) >= 11 is 1.88. The smallest absolute Gasteiger partial charge is 0.273 e. The third-order valence-electron chi connectivity index (χ3n) is 3.79. The van der Waals surface area contributed by atoms with Crippen molar-refractivity contribution in [1.29, 1.82) is 0 Å². The minimum absolute atomic E-state index is 0.0813. The number of rotatable bonds is 3. The number of aromatic nitrogens is 3. The number of carbonyl (C=O) groups is 1. The predicted molar refractivity (Wildman–Crippen MR) is 74.5 cm³/mol. The molecule has 0 aliphatic carbocycles. The first-order valence-electron chi connectivity index (χ1n) is 6.77. The molecule has 0 spiro atoms. The van der Waals surface area contributed by atoms with Gasteiger partial charge in [-0.2, -0.15) is 11.8 Å². The van der Waals surface area contributed by atoms with Gasteiger partial charge in [-0.3, -0.25) is 4.79 Å². The summed E-state index contributed by atoms with van der Waals surface area (Å²) in [4.78, 5) is 12.2. The van der Waals surface area contributed by atoms with E-state index in [4.69, 9.17) is 0 Å². The van der Waals surface area contributed by atoms with Crippen LogP contribution in [0.5, 0.6) is 0 Å². The number of hydrogen-bond acceptors (Lipinski definition) is 5. The second-order valence-electron chi connectivity index (χ2n) is 5.15. The number of carbonyl (C=O) groups excluding carboxylic acids is 1. The van der Waals surface area contributed by atoms with Crippen molar-refractivity contribution in [3.05, 3.63) is 11.4 Å². The van der Waals surface area contributed by atoms with Crippen LogP contribution in [0.1, 0.15) is 35.1 Å². The van der Waals surface area contributed by atoms with Gasteiger partial charge in [0.15, 0.2) is 5.69 Å². The molecule has 1 aromatic heterocycles. The van der Waals surface area contributed by atoms with E-state index in [0.717, 1.165) is 43.1 Å². The molecule has 6 nitrogen and oxygen atoms in total. The molecule has 1 aromatic rings. The first-order valence-corrected chi connectivity index (χ1v) is 7.92. The van der Waals surface area contributed by atoms with Crippen molar-refractivity contribution in [2.24, 2.45) is 0 Å². The van der Waals surface area contributed by atoms with E-state index in [1.54, 1.807) is 0 Å². The molecule has 2 unspecified atom stereocenters. The van der Waals surface area contributed by atoms with Crippen LogP contribution in [-0.4, -0.2) is 51.5 Å². The highest BCUT2D eigenvalue weighted by Gasteiger charge is 2.25. The van der Waals surface area contributed by atoms with Crippen molar-refractivity contribution in [3.63, 3.8) is 0 Å². The molecule has 1 amide bonds. The SMILES string of the molecule is Cc1c(C(=O)NC2CCSC2)nnn1C1CCNC1. The lowest BCUT2D eigenvalue weighted by atomic mass is 10.2. The molecule has 0 radical (unpaired) electrons. The van der Waals surface area contributed by atoms with Crippen LogP contribution in [0.3, 0.4) is 0 Å². The van der Waals surface area contributed by atoms with Crippen molar-refractivity contribution in [2.75, 3.05) is 24.6 Å². The van der Waals surface area contributed by atoms with Gasteiger partial charge >= 0.3 is 0 Å². The fraction of sp³-hybridized carbons (Fsp3) is 0.750. The van der Waals surface area contributed by atoms with Crippen LogP contribution < -0.4 is 10.6 Å².